The van der Waals surface area contributed by atoms with Gasteiger partial charge in [-0.3, -0.25) is 14.6 Å². The molecule has 3 unspecified atom stereocenters. The van der Waals surface area contributed by atoms with Crippen molar-refractivity contribution < 1.29 is 23.8 Å². The molecule has 2 aromatic rings. The number of fused-ring (bicyclic) bond motifs is 2. The summed E-state index contributed by atoms with van der Waals surface area (Å²) in [6.07, 6.45) is 6.07. The number of carbonyl (C=O) groups is 2. The van der Waals surface area contributed by atoms with Crippen LogP contribution in [-0.4, -0.2) is 45.7 Å². The number of hydrogen-bond acceptors (Lipinski definition) is 5. The molecule has 5 fully saturated rings. The molecule has 0 radical (unpaired) electrons. The van der Waals surface area contributed by atoms with Crippen LogP contribution in [-0.2, 0) is 9.59 Å². The summed E-state index contributed by atoms with van der Waals surface area (Å²) in [7, 11) is 0. The summed E-state index contributed by atoms with van der Waals surface area (Å²) >= 11 is 0. The third kappa shape index (κ3) is 3.54. The quantitative estimate of drug-likeness (QED) is 0.554. The zero-order chi connectivity index (χ0) is 23.7. The molecule has 0 saturated heterocycles. The van der Waals surface area contributed by atoms with Crippen molar-refractivity contribution in [3.8, 4) is 5.75 Å². The van der Waals surface area contributed by atoms with E-state index in [1.807, 2.05) is 6.92 Å². The van der Waals surface area contributed by atoms with Gasteiger partial charge in [0, 0.05) is 35.0 Å². The van der Waals surface area contributed by atoms with Gasteiger partial charge in [-0.05, 0) is 74.1 Å². The van der Waals surface area contributed by atoms with Crippen molar-refractivity contribution in [3.63, 3.8) is 0 Å². The van der Waals surface area contributed by atoms with E-state index >= 15 is 0 Å². The smallest absolute Gasteiger partial charge is 0.223 e. The average Bonchev–Trinajstić information content (AvgIpc) is 3.25. The Balaban J connectivity index is 0.997. The zero-order valence-corrected chi connectivity index (χ0v) is 19.2. The van der Waals surface area contributed by atoms with E-state index in [4.69, 9.17) is 9.84 Å². The fourth-order valence-electron chi connectivity index (χ4n) is 7.12. The van der Waals surface area contributed by atoms with Crippen LogP contribution in [0.5, 0.6) is 5.75 Å². The second-order valence-electron chi connectivity index (χ2n) is 11.0. The highest BCUT2D eigenvalue weighted by Gasteiger charge is 2.70. The Kier molecular flexibility index (Phi) is 4.89. The fourth-order valence-corrected chi connectivity index (χ4v) is 7.12. The van der Waals surface area contributed by atoms with Crippen LogP contribution in [0.2, 0.25) is 0 Å². The molecule has 0 aliphatic heterocycles. The molecular formula is C26H30FN3O4. The molecule has 2 bridgehead atoms. The molecule has 1 aromatic carbocycles. The van der Waals surface area contributed by atoms with E-state index in [1.165, 1.54) is 12.1 Å². The predicted molar refractivity (Wildman–Crippen MR) is 122 cm³/mol. The molecule has 2 amide bonds. The van der Waals surface area contributed by atoms with Crippen molar-refractivity contribution in [2.45, 2.75) is 62.6 Å². The molecule has 1 heterocycles. The van der Waals surface area contributed by atoms with Crippen LogP contribution >= 0.6 is 0 Å². The first kappa shape index (κ1) is 21.8. The van der Waals surface area contributed by atoms with Gasteiger partial charge in [-0.2, -0.15) is 0 Å². The summed E-state index contributed by atoms with van der Waals surface area (Å²) in [5, 5.41) is 15.9. The number of aliphatic hydroxyl groups is 1. The lowest BCUT2D eigenvalue weighted by atomic mass is 9.44. The second-order valence-corrected chi connectivity index (χ2v) is 11.0. The molecule has 5 aliphatic carbocycles. The fraction of sp³-hybridized carbons (Fsp3) is 0.577. The van der Waals surface area contributed by atoms with Gasteiger partial charge in [-0.25, -0.2) is 4.39 Å². The maximum absolute atomic E-state index is 13.7. The van der Waals surface area contributed by atoms with E-state index < -0.39 is 0 Å². The van der Waals surface area contributed by atoms with Crippen LogP contribution < -0.4 is 15.4 Å². The summed E-state index contributed by atoms with van der Waals surface area (Å²) in [6.45, 7) is 1.88. The first-order chi connectivity index (χ1) is 16.3. The summed E-state index contributed by atoms with van der Waals surface area (Å²) in [5.74, 6) is 1.69. The molecule has 7 rings (SSSR count). The molecule has 0 spiro atoms. The molecule has 1 aromatic heterocycles. The van der Waals surface area contributed by atoms with E-state index in [1.54, 1.807) is 18.3 Å². The third-order valence-corrected chi connectivity index (χ3v) is 8.58. The maximum Gasteiger partial charge on any atom is 0.223 e. The number of hydrogen-bond donors (Lipinski definition) is 3. The minimum Gasteiger partial charge on any atom is -0.490 e. The number of rotatable bonds is 8. The normalized spacial score (nSPS) is 35.5. The Bertz CT molecular complexity index is 1140. The van der Waals surface area contributed by atoms with Gasteiger partial charge >= 0.3 is 0 Å². The van der Waals surface area contributed by atoms with Gasteiger partial charge in [0.2, 0.25) is 11.8 Å². The van der Waals surface area contributed by atoms with Crippen LogP contribution in [0, 0.1) is 29.5 Å². The van der Waals surface area contributed by atoms with Gasteiger partial charge in [0.15, 0.2) is 0 Å². The van der Waals surface area contributed by atoms with Crippen molar-refractivity contribution in [1.82, 2.24) is 15.6 Å². The average molecular weight is 468 g/mol. The molecule has 180 valence electrons. The second kappa shape index (κ2) is 7.63. The Morgan fingerprint density at radius 1 is 1.18 bits per heavy atom. The Hall–Kier alpha value is -2.74. The Morgan fingerprint density at radius 2 is 1.88 bits per heavy atom. The van der Waals surface area contributed by atoms with Crippen molar-refractivity contribution in [1.29, 1.82) is 0 Å². The monoisotopic (exact) mass is 467 g/mol. The lowest BCUT2D eigenvalue weighted by molar-refractivity contribution is -0.152. The number of halogens is 1. The highest BCUT2D eigenvalue weighted by molar-refractivity contribution is 5.85. The number of amides is 2. The molecule has 8 heteroatoms. The molecule has 34 heavy (non-hydrogen) atoms. The van der Waals surface area contributed by atoms with E-state index in [2.05, 4.69) is 15.6 Å². The van der Waals surface area contributed by atoms with E-state index in [0.717, 1.165) is 32.1 Å². The largest absolute Gasteiger partial charge is 0.490 e. The van der Waals surface area contributed by atoms with Crippen molar-refractivity contribution in [2.24, 2.45) is 23.7 Å². The van der Waals surface area contributed by atoms with Crippen molar-refractivity contribution in [2.75, 3.05) is 6.61 Å². The highest BCUT2D eigenvalue weighted by Crippen LogP contribution is 2.63. The Morgan fingerprint density at radius 3 is 2.59 bits per heavy atom. The highest BCUT2D eigenvalue weighted by atomic mass is 19.1. The number of aromatic nitrogens is 1. The van der Waals surface area contributed by atoms with Crippen LogP contribution in [0.25, 0.3) is 10.9 Å². The number of ether oxygens (including phenoxy) is 1. The standard InChI is InChI=1S/C26H30FN3O4/c1-14(24(33)30-26-11-25(12-26,13-26)29-22(32)5-7-31)23-17-9-16(10-18(17)23)34-21-4-6-28-20-3-2-15(27)8-19(20)21/h2-4,6,8,14,16-18,23,31H,5,7,9-13H2,1H3,(H,29,32)(H,30,33)/t14?,16?,17-,18+,23?,25?,26?. The number of nitrogens with one attached hydrogen (secondary N) is 2. The number of aliphatic hydroxyl groups excluding tert-OH is 1. The number of carbonyl (C=O) groups excluding carboxylic acids is 2. The van der Waals surface area contributed by atoms with Crippen LogP contribution in [0.3, 0.4) is 0 Å². The molecule has 3 N–H and O–H groups in total. The minimum absolute atomic E-state index is 0.0410. The third-order valence-electron chi connectivity index (χ3n) is 8.58. The van der Waals surface area contributed by atoms with Gasteiger partial charge in [0.1, 0.15) is 11.6 Å². The van der Waals surface area contributed by atoms with E-state index in [0.29, 0.717) is 34.4 Å². The predicted octanol–water partition coefficient (Wildman–Crippen LogP) is 2.70. The first-order valence-corrected chi connectivity index (χ1v) is 12.3. The lowest BCUT2D eigenvalue weighted by Crippen LogP contribution is -2.84. The van der Waals surface area contributed by atoms with Gasteiger partial charge in [0.25, 0.3) is 0 Å². The number of nitrogens with zero attached hydrogens (tertiary/aromatic N) is 1. The SMILES string of the molecule is CC(C(=O)NC12CC(NC(=O)CCO)(C1)C2)C1[C@H]2CC(Oc3ccnc4ccc(F)cc34)C[C@@H]12. The number of pyridine rings is 1. The van der Waals surface area contributed by atoms with Gasteiger partial charge in [0.05, 0.1) is 18.2 Å². The first-order valence-electron chi connectivity index (χ1n) is 12.3. The van der Waals surface area contributed by atoms with Crippen LogP contribution in [0.15, 0.2) is 30.5 Å². The van der Waals surface area contributed by atoms with Crippen molar-refractivity contribution in [3.05, 3.63) is 36.3 Å². The summed E-state index contributed by atoms with van der Waals surface area (Å²) in [5.41, 5.74) is 0.378. The van der Waals surface area contributed by atoms with Crippen LogP contribution in [0.1, 0.15) is 45.4 Å². The lowest BCUT2D eigenvalue weighted by Gasteiger charge is -2.70. The topological polar surface area (TPSA) is 101 Å². The molecular weight excluding hydrogens is 437 g/mol. The van der Waals surface area contributed by atoms with Crippen molar-refractivity contribution >= 4 is 22.7 Å². The molecule has 5 saturated carbocycles. The van der Waals surface area contributed by atoms with Crippen LogP contribution in [0.4, 0.5) is 4.39 Å². The minimum atomic E-state index is -0.304. The van der Waals surface area contributed by atoms with Gasteiger partial charge in [-0.1, -0.05) is 6.92 Å². The zero-order valence-electron chi connectivity index (χ0n) is 19.2. The summed E-state index contributed by atoms with van der Waals surface area (Å²) in [4.78, 5) is 29.0. The molecule has 7 nitrogen and oxygen atoms in total. The van der Waals surface area contributed by atoms with Gasteiger partial charge in [-0.15, -0.1) is 0 Å². The number of benzene rings is 1. The summed E-state index contributed by atoms with van der Waals surface area (Å²) < 4.78 is 20.0. The van der Waals surface area contributed by atoms with Gasteiger partial charge < -0.3 is 20.5 Å². The summed E-state index contributed by atoms with van der Waals surface area (Å²) in [6, 6.07) is 6.33. The maximum atomic E-state index is 13.7. The van der Waals surface area contributed by atoms with E-state index in [-0.39, 0.29) is 53.8 Å². The molecule has 5 atom stereocenters. The van der Waals surface area contributed by atoms with E-state index in [9.17, 15) is 14.0 Å². The Labute approximate surface area is 197 Å². The molecule has 5 aliphatic rings.